The molecule has 2 aromatic carbocycles. The standard InChI is InChI=1S/C19H20N2O7/c1-3-28-16-9-6-13(10-17(16)27-2)15(11-18(22)23)20-19(24)12-4-7-14(8-5-12)21(25)26/h4-10,15H,3,11H2,1-2H3,(H,20,24)(H,22,23)/p-1. The number of amides is 1. The van der Waals surface area contributed by atoms with Crippen molar-refractivity contribution in [3.63, 3.8) is 0 Å². The number of carbonyl (C=O) groups is 2. The Bertz CT molecular complexity index is 865. The summed E-state index contributed by atoms with van der Waals surface area (Å²) in [7, 11) is 1.45. The number of nitro groups is 1. The molecule has 0 aromatic heterocycles. The lowest BCUT2D eigenvalue weighted by Gasteiger charge is -2.21. The summed E-state index contributed by atoms with van der Waals surface area (Å²) in [6, 6.07) is 8.91. The molecular weight excluding hydrogens is 368 g/mol. The summed E-state index contributed by atoms with van der Waals surface area (Å²) in [5.41, 5.74) is 0.491. The average molecular weight is 387 g/mol. The van der Waals surface area contributed by atoms with Crippen LogP contribution in [-0.2, 0) is 4.79 Å². The second-order valence-corrected chi connectivity index (χ2v) is 5.75. The third-order valence-corrected chi connectivity index (χ3v) is 3.91. The summed E-state index contributed by atoms with van der Waals surface area (Å²) in [4.78, 5) is 33.8. The van der Waals surface area contributed by atoms with Crippen molar-refractivity contribution >= 4 is 17.6 Å². The SMILES string of the molecule is CCOc1ccc(C(CC(=O)[O-])NC(=O)c2ccc([N+](=O)[O-])cc2)cc1OC. The van der Waals surface area contributed by atoms with Gasteiger partial charge in [-0.25, -0.2) is 0 Å². The minimum Gasteiger partial charge on any atom is -0.550 e. The molecule has 1 N–H and O–H groups in total. The molecule has 0 bridgehead atoms. The molecule has 0 aliphatic rings. The summed E-state index contributed by atoms with van der Waals surface area (Å²) in [5, 5.41) is 24.5. The van der Waals surface area contributed by atoms with Crippen LogP contribution in [0.4, 0.5) is 5.69 Å². The highest BCUT2D eigenvalue weighted by Gasteiger charge is 2.19. The van der Waals surface area contributed by atoms with Crippen molar-refractivity contribution in [3.8, 4) is 11.5 Å². The van der Waals surface area contributed by atoms with Crippen LogP contribution in [0.25, 0.3) is 0 Å². The van der Waals surface area contributed by atoms with E-state index in [1.54, 1.807) is 18.2 Å². The maximum Gasteiger partial charge on any atom is 0.269 e. The summed E-state index contributed by atoms with van der Waals surface area (Å²) in [5.74, 6) is -1.04. The van der Waals surface area contributed by atoms with Crippen molar-refractivity contribution in [2.24, 2.45) is 0 Å². The molecule has 1 unspecified atom stereocenters. The molecule has 0 saturated carbocycles. The van der Waals surface area contributed by atoms with Crippen LogP contribution in [0.5, 0.6) is 11.5 Å². The van der Waals surface area contributed by atoms with Crippen molar-refractivity contribution in [1.82, 2.24) is 5.32 Å². The van der Waals surface area contributed by atoms with Gasteiger partial charge < -0.3 is 24.7 Å². The molecule has 9 nitrogen and oxygen atoms in total. The fourth-order valence-electron chi connectivity index (χ4n) is 2.57. The Labute approximate surface area is 161 Å². The van der Waals surface area contributed by atoms with E-state index in [9.17, 15) is 24.8 Å². The van der Waals surface area contributed by atoms with E-state index in [-0.39, 0.29) is 11.3 Å². The van der Waals surface area contributed by atoms with Crippen LogP contribution in [0, 0.1) is 10.1 Å². The highest BCUT2D eigenvalue weighted by atomic mass is 16.6. The number of rotatable bonds is 9. The van der Waals surface area contributed by atoms with Crippen LogP contribution in [0.15, 0.2) is 42.5 Å². The Morgan fingerprint density at radius 1 is 1.14 bits per heavy atom. The first-order valence-electron chi connectivity index (χ1n) is 8.41. The maximum atomic E-state index is 12.5. The van der Waals surface area contributed by atoms with Crippen LogP contribution in [0.1, 0.15) is 35.3 Å². The molecule has 2 aromatic rings. The van der Waals surface area contributed by atoms with E-state index in [4.69, 9.17) is 9.47 Å². The molecule has 0 fully saturated rings. The number of benzene rings is 2. The molecule has 0 aliphatic carbocycles. The van der Waals surface area contributed by atoms with E-state index in [1.165, 1.54) is 31.4 Å². The van der Waals surface area contributed by atoms with Crippen LogP contribution >= 0.6 is 0 Å². The van der Waals surface area contributed by atoms with Gasteiger partial charge in [-0.2, -0.15) is 0 Å². The largest absolute Gasteiger partial charge is 0.550 e. The lowest BCUT2D eigenvalue weighted by Crippen LogP contribution is -2.34. The molecule has 9 heteroatoms. The molecule has 0 spiro atoms. The van der Waals surface area contributed by atoms with E-state index in [1.807, 2.05) is 6.92 Å². The summed E-state index contributed by atoms with van der Waals surface area (Å²) < 4.78 is 10.7. The third-order valence-electron chi connectivity index (χ3n) is 3.91. The number of nitro benzene ring substituents is 1. The number of hydrogen-bond acceptors (Lipinski definition) is 7. The molecule has 0 aliphatic heterocycles. The smallest absolute Gasteiger partial charge is 0.269 e. The van der Waals surface area contributed by atoms with Crippen molar-refractivity contribution in [3.05, 3.63) is 63.7 Å². The van der Waals surface area contributed by atoms with Crippen molar-refractivity contribution < 1.29 is 29.1 Å². The predicted octanol–water partition coefficient (Wildman–Crippen LogP) is 1.61. The van der Waals surface area contributed by atoms with E-state index in [2.05, 4.69) is 5.32 Å². The van der Waals surface area contributed by atoms with Gasteiger partial charge >= 0.3 is 0 Å². The first kappa shape index (κ1) is 20.7. The van der Waals surface area contributed by atoms with Crippen molar-refractivity contribution in [2.75, 3.05) is 13.7 Å². The fourth-order valence-corrected chi connectivity index (χ4v) is 2.57. The number of carbonyl (C=O) groups excluding carboxylic acids is 2. The number of carboxylic acids is 1. The molecule has 1 atom stereocenters. The second-order valence-electron chi connectivity index (χ2n) is 5.75. The molecule has 0 radical (unpaired) electrons. The minimum atomic E-state index is -1.35. The van der Waals surface area contributed by atoms with Crippen molar-refractivity contribution in [1.29, 1.82) is 0 Å². The summed E-state index contributed by atoms with van der Waals surface area (Å²) in [6.07, 6.45) is -0.462. The summed E-state index contributed by atoms with van der Waals surface area (Å²) in [6.45, 7) is 2.24. The Balaban J connectivity index is 2.27. The average Bonchev–Trinajstić information content (AvgIpc) is 2.67. The zero-order valence-corrected chi connectivity index (χ0v) is 15.3. The first-order valence-corrected chi connectivity index (χ1v) is 8.41. The molecular formula is C19H19N2O7-. The number of aliphatic carboxylic acids is 1. The topological polar surface area (TPSA) is 131 Å². The maximum absolute atomic E-state index is 12.5. The van der Waals surface area contributed by atoms with E-state index < -0.39 is 29.3 Å². The highest BCUT2D eigenvalue weighted by Crippen LogP contribution is 2.31. The van der Waals surface area contributed by atoms with Crippen LogP contribution in [0.3, 0.4) is 0 Å². The number of methoxy groups -OCH3 is 1. The predicted molar refractivity (Wildman–Crippen MR) is 97.1 cm³/mol. The number of hydrogen-bond donors (Lipinski definition) is 1. The zero-order chi connectivity index (χ0) is 20.7. The van der Waals surface area contributed by atoms with Crippen molar-refractivity contribution in [2.45, 2.75) is 19.4 Å². The number of nitrogens with one attached hydrogen (secondary N) is 1. The lowest BCUT2D eigenvalue weighted by molar-refractivity contribution is -0.384. The zero-order valence-electron chi connectivity index (χ0n) is 15.3. The van der Waals surface area contributed by atoms with Crippen LogP contribution in [-0.4, -0.2) is 30.5 Å². The Morgan fingerprint density at radius 2 is 1.82 bits per heavy atom. The van der Waals surface area contributed by atoms with E-state index in [0.29, 0.717) is 23.7 Å². The Hall–Kier alpha value is -3.62. The molecule has 1 amide bonds. The van der Waals surface area contributed by atoms with Gasteiger partial charge in [-0.3, -0.25) is 14.9 Å². The first-order chi connectivity index (χ1) is 13.3. The molecule has 0 saturated heterocycles. The van der Waals surface area contributed by atoms with Gasteiger partial charge in [0.2, 0.25) is 0 Å². The fraction of sp³-hybridized carbons (Fsp3) is 0.263. The van der Waals surface area contributed by atoms with Crippen LogP contribution < -0.4 is 19.9 Å². The number of ether oxygens (including phenoxy) is 2. The lowest BCUT2D eigenvalue weighted by atomic mass is 10.0. The van der Waals surface area contributed by atoms with Gasteiger partial charge in [0.15, 0.2) is 11.5 Å². The van der Waals surface area contributed by atoms with Gasteiger partial charge in [0.05, 0.1) is 24.7 Å². The van der Waals surface area contributed by atoms with Gasteiger partial charge in [-0.05, 0) is 36.8 Å². The monoisotopic (exact) mass is 387 g/mol. The minimum absolute atomic E-state index is 0.154. The van der Waals surface area contributed by atoms with E-state index in [0.717, 1.165) is 0 Å². The molecule has 148 valence electrons. The van der Waals surface area contributed by atoms with Gasteiger partial charge in [-0.1, -0.05) is 6.07 Å². The van der Waals surface area contributed by atoms with Crippen LogP contribution in [0.2, 0.25) is 0 Å². The number of carboxylic acid groups (broad SMARTS) is 1. The number of nitrogens with zero attached hydrogens (tertiary/aromatic N) is 1. The van der Waals surface area contributed by atoms with Gasteiger partial charge in [-0.15, -0.1) is 0 Å². The highest BCUT2D eigenvalue weighted by molar-refractivity contribution is 5.94. The third kappa shape index (κ3) is 5.19. The molecule has 0 heterocycles. The second kappa shape index (κ2) is 9.36. The summed E-state index contributed by atoms with van der Waals surface area (Å²) >= 11 is 0. The Kier molecular flexibility index (Phi) is 6.91. The van der Waals surface area contributed by atoms with E-state index >= 15 is 0 Å². The van der Waals surface area contributed by atoms with Gasteiger partial charge in [0.25, 0.3) is 11.6 Å². The normalized spacial score (nSPS) is 11.4. The molecule has 28 heavy (non-hydrogen) atoms. The number of non-ortho nitro benzene ring substituents is 1. The quantitative estimate of drug-likeness (QED) is 0.511. The molecule has 2 rings (SSSR count). The van der Waals surface area contributed by atoms with Gasteiger partial charge in [0.1, 0.15) is 0 Å². The Morgan fingerprint density at radius 3 is 2.36 bits per heavy atom. The van der Waals surface area contributed by atoms with Gasteiger partial charge in [0, 0.05) is 30.1 Å².